The van der Waals surface area contributed by atoms with Gasteiger partial charge in [0.15, 0.2) is 0 Å². The maximum Gasteiger partial charge on any atom is 0.0467 e. The van der Waals surface area contributed by atoms with Gasteiger partial charge in [-0.3, -0.25) is 0 Å². The van der Waals surface area contributed by atoms with Crippen molar-refractivity contribution in [3.63, 3.8) is 0 Å². The number of nitrogens with one attached hydrogen (secondary N) is 1. The van der Waals surface area contributed by atoms with Crippen molar-refractivity contribution in [3.8, 4) is 0 Å². The molecule has 18 heavy (non-hydrogen) atoms. The van der Waals surface area contributed by atoms with Crippen LogP contribution >= 0.6 is 15.9 Å². The van der Waals surface area contributed by atoms with Crippen molar-refractivity contribution < 1.29 is 4.74 Å². The Morgan fingerprint density at radius 2 is 2.11 bits per heavy atom. The molecule has 0 aromatic heterocycles. The lowest BCUT2D eigenvalue weighted by molar-refractivity contribution is 0.150. The van der Waals surface area contributed by atoms with Crippen molar-refractivity contribution in [2.75, 3.05) is 26.0 Å². The van der Waals surface area contributed by atoms with Gasteiger partial charge in [-0.05, 0) is 45.5 Å². The number of nitrogens with two attached hydrogens (primary N) is 1. The van der Waals surface area contributed by atoms with Gasteiger partial charge in [-0.2, -0.15) is 0 Å². The number of benzene rings is 1. The first kappa shape index (κ1) is 15.5. The number of methoxy groups -OCH3 is 1. The molecule has 0 bridgehead atoms. The quantitative estimate of drug-likeness (QED) is 0.760. The zero-order valence-electron chi connectivity index (χ0n) is 11.4. The van der Waals surface area contributed by atoms with Crippen LogP contribution in [0.3, 0.4) is 0 Å². The molecule has 0 radical (unpaired) electrons. The van der Waals surface area contributed by atoms with E-state index in [1.54, 1.807) is 7.11 Å². The Balaban J connectivity index is 2.39. The van der Waals surface area contributed by atoms with Crippen LogP contribution in [0.5, 0.6) is 0 Å². The molecule has 0 fully saturated rings. The Labute approximate surface area is 118 Å². The second-order valence-electron chi connectivity index (χ2n) is 5.37. The maximum atomic E-state index is 5.76. The molecule has 3 N–H and O–H groups in total. The van der Waals surface area contributed by atoms with Gasteiger partial charge in [0.2, 0.25) is 0 Å². The monoisotopic (exact) mass is 314 g/mol. The van der Waals surface area contributed by atoms with Crippen LogP contribution in [0.25, 0.3) is 0 Å². The summed E-state index contributed by atoms with van der Waals surface area (Å²) >= 11 is 3.44. The van der Waals surface area contributed by atoms with Crippen LogP contribution in [0.15, 0.2) is 22.7 Å². The van der Waals surface area contributed by atoms with Crippen LogP contribution in [0.1, 0.15) is 25.8 Å². The second kappa shape index (κ2) is 7.12. The van der Waals surface area contributed by atoms with E-state index in [0.717, 1.165) is 36.3 Å². The minimum absolute atomic E-state index is 0.251. The summed E-state index contributed by atoms with van der Waals surface area (Å²) in [5.74, 6) is 0. The van der Waals surface area contributed by atoms with Gasteiger partial charge < -0.3 is 15.8 Å². The average Bonchev–Trinajstić information content (AvgIpc) is 2.31. The Morgan fingerprint density at radius 3 is 2.72 bits per heavy atom. The average molecular weight is 315 g/mol. The van der Waals surface area contributed by atoms with Crippen LogP contribution in [0, 0.1) is 5.41 Å². The molecule has 1 rings (SSSR count). The van der Waals surface area contributed by atoms with Gasteiger partial charge in [0, 0.05) is 37.0 Å². The largest absolute Gasteiger partial charge is 0.398 e. The molecule has 0 aliphatic heterocycles. The van der Waals surface area contributed by atoms with Crippen molar-refractivity contribution in [2.24, 2.45) is 5.41 Å². The van der Waals surface area contributed by atoms with Crippen LogP contribution < -0.4 is 11.1 Å². The number of anilines is 1. The zero-order chi connectivity index (χ0) is 13.6. The number of ether oxygens (including phenoxy) is 1. The molecule has 0 aliphatic rings. The molecular formula is C14H23BrN2O. The summed E-state index contributed by atoms with van der Waals surface area (Å²) in [6.45, 7) is 7.13. The molecular weight excluding hydrogens is 292 g/mol. The first-order valence-corrected chi connectivity index (χ1v) is 6.97. The van der Waals surface area contributed by atoms with Crippen molar-refractivity contribution in [2.45, 2.75) is 26.8 Å². The summed E-state index contributed by atoms with van der Waals surface area (Å²) in [6, 6.07) is 6.04. The van der Waals surface area contributed by atoms with Crippen molar-refractivity contribution in [3.05, 3.63) is 28.2 Å². The summed E-state index contributed by atoms with van der Waals surface area (Å²) in [5.41, 5.74) is 8.02. The first-order valence-electron chi connectivity index (χ1n) is 6.18. The molecule has 0 saturated carbocycles. The zero-order valence-corrected chi connectivity index (χ0v) is 13.0. The summed E-state index contributed by atoms with van der Waals surface area (Å²) in [4.78, 5) is 0. The normalized spacial score (nSPS) is 11.8. The van der Waals surface area contributed by atoms with E-state index in [1.165, 1.54) is 5.56 Å². The summed E-state index contributed by atoms with van der Waals surface area (Å²) < 4.78 is 6.08. The summed E-state index contributed by atoms with van der Waals surface area (Å²) in [5, 5.41) is 3.48. The highest BCUT2D eigenvalue weighted by atomic mass is 79.9. The Bertz CT molecular complexity index is 380. The van der Waals surface area contributed by atoms with E-state index in [2.05, 4.69) is 47.2 Å². The predicted molar refractivity (Wildman–Crippen MR) is 80.5 cm³/mol. The molecule has 1 aromatic carbocycles. The topological polar surface area (TPSA) is 47.3 Å². The molecule has 0 aliphatic carbocycles. The number of hydrogen-bond acceptors (Lipinski definition) is 3. The third-order valence-corrected chi connectivity index (χ3v) is 3.67. The van der Waals surface area contributed by atoms with Gasteiger partial charge in [0.25, 0.3) is 0 Å². The van der Waals surface area contributed by atoms with E-state index in [9.17, 15) is 0 Å². The van der Waals surface area contributed by atoms with E-state index >= 15 is 0 Å². The van der Waals surface area contributed by atoms with E-state index < -0.39 is 0 Å². The maximum absolute atomic E-state index is 5.76. The van der Waals surface area contributed by atoms with Gasteiger partial charge in [0.1, 0.15) is 0 Å². The molecule has 0 heterocycles. The highest BCUT2D eigenvalue weighted by Gasteiger charge is 2.16. The van der Waals surface area contributed by atoms with E-state index in [1.807, 2.05) is 6.07 Å². The fourth-order valence-electron chi connectivity index (χ4n) is 1.69. The molecule has 0 unspecified atom stereocenters. The smallest absolute Gasteiger partial charge is 0.0467 e. The number of rotatable bonds is 7. The lowest BCUT2D eigenvalue weighted by Crippen LogP contribution is -2.30. The molecule has 0 saturated heterocycles. The number of halogens is 1. The van der Waals surface area contributed by atoms with E-state index in [-0.39, 0.29) is 5.41 Å². The Hall–Kier alpha value is -0.580. The minimum Gasteiger partial charge on any atom is -0.398 e. The fourth-order valence-corrected chi connectivity index (χ4v) is 2.12. The number of hydrogen-bond donors (Lipinski definition) is 2. The van der Waals surface area contributed by atoms with Gasteiger partial charge in [0.05, 0.1) is 0 Å². The van der Waals surface area contributed by atoms with Crippen LogP contribution in [0.4, 0.5) is 5.69 Å². The Morgan fingerprint density at radius 1 is 1.39 bits per heavy atom. The molecule has 1 aromatic rings. The fraction of sp³-hybridized carbons (Fsp3) is 0.571. The molecule has 0 amide bonds. The van der Waals surface area contributed by atoms with Crippen LogP contribution in [-0.4, -0.2) is 20.3 Å². The third kappa shape index (κ3) is 5.38. The second-order valence-corrected chi connectivity index (χ2v) is 6.22. The predicted octanol–water partition coefficient (Wildman–Crippen LogP) is 3.18. The summed E-state index contributed by atoms with van der Waals surface area (Å²) in [6.07, 6.45) is 1.06. The van der Waals surface area contributed by atoms with E-state index in [0.29, 0.717) is 0 Å². The standard InChI is InChI=1S/C14H23BrN2O/c1-14(2,6-7-18-3)10-17-9-11-4-5-13(16)12(15)8-11/h4-5,8,17H,6-7,9-10,16H2,1-3H3. The minimum atomic E-state index is 0.251. The molecule has 0 atom stereocenters. The molecule has 4 heteroatoms. The highest BCUT2D eigenvalue weighted by molar-refractivity contribution is 9.10. The lowest BCUT2D eigenvalue weighted by atomic mass is 9.89. The van der Waals surface area contributed by atoms with Crippen molar-refractivity contribution in [1.29, 1.82) is 0 Å². The highest BCUT2D eigenvalue weighted by Crippen LogP contribution is 2.21. The van der Waals surface area contributed by atoms with E-state index in [4.69, 9.17) is 10.5 Å². The van der Waals surface area contributed by atoms with Crippen molar-refractivity contribution >= 4 is 21.6 Å². The lowest BCUT2D eigenvalue weighted by Gasteiger charge is -2.24. The van der Waals surface area contributed by atoms with Crippen molar-refractivity contribution in [1.82, 2.24) is 5.32 Å². The van der Waals surface area contributed by atoms with Crippen LogP contribution in [0.2, 0.25) is 0 Å². The number of nitrogen functional groups attached to an aromatic ring is 1. The Kier molecular flexibility index (Phi) is 6.12. The molecule has 0 spiro atoms. The van der Waals surface area contributed by atoms with Gasteiger partial charge in [-0.25, -0.2) is 0 Å². The molecule has 3 nitrogen and oxygen atoms in total. The SMILES string of the molecule is COCCC(C)(C)CNCc1ccc(N)c(Br)c1. The third-order valence-electron chi connectivity index (χ3n) is 2.98. The van der Waals surface area contributed by atoms with Gasteiger partial charge in [-0.1, -0.05) is 19.9 Å². The molecule has 102 valence electrons. The van der Waals surface area contributed by atoms with Crippen LogP contribution in [-0.2, 0) is 11.3 Å². The van der Waals surface area contributed by atoms with Gasteiger partial charge >= 0.3 is 0 Å². The van der Waals surface area contributed by atoms with Gasteiger partial charge in [-0.15, -0.1) is 0 Å². The first-order chi connectivity index (χ1) is 8.44. The summed E-state index contributed by atoms with van der Waals surface area (Å²) in [7, 11) is 1.75.